The molecule has 0 unspecified atom stereocenters. The number of hydrogen-bond acceptors (Lipinski definition) is 2. The molecular weight excluding hydrogens is 205 g/mol. The third kappa shape index (κ3) is 2.82. The molecule has 92 valence electrons. The van der Waals surface area contributed by atoms with Gasteiger partial charge in [-0.1, -0.05) is 13.8 Å². The molecule has 1 aromatic rings. The van der Waals surface area contributed by atoms with Crippen LogP contribution in [0.4, 0.5) is 4.39 Å². The van der Waals surface area contributed by atoms with Crippen LogP contribution >= 0.6 is 0 Å². The second kappa shape index (κ2) is 6.63. The SMILES string of the molecule is CCc1nn(CCCF)c(CC)c1CCN. The second-order valence-electron chi connectivity index (χ2n) is 3.88. The molecule has 1 aromatic heterocycles. The molecule has 0 saturated heterocycles. The Balaban J connectivity index is 2.98. The maximum absolute atomic E-state index is 12.2. The molecule has 0 fully saturated rings. The van der Waals surface area contributed by atoms with Crippen molar-refractivity contribution in [1.29, 1.82) is 0 Å². The average Bonchev–Trinajstić information content (AvgIpc) is 2.64. The molecular formula is C12H22FN3. The lowest BCUT2D eigenvalue weighted by atomic mass is 10.1. The summed E-state index contributed by atoms with van der Waals surface area (Å²) in [5, 5.41) is 4.55. The standard InChI is InChI=1S/C12H22FN3/c1-3-11-10(6-8-14)12(4-2)16(15-11)9-5-7-13/h3-9,14H2,1-2H3. The number of nitrogens with two attached hydrogens (primary N) is 1. The van der Waals surface area contributed by atoms with E-state index in [9.17, 15) is 4.39 Å². The van der Waals surface area contributed by atoms with Crippen molar-refractivity contribution in [3.05, 3.63) is 17.0 Å². The molecule has 0 aliphatic carbocycles. The predicted octanol–water partition coefficient (Wildman–Crippen LogP) is 1.87. The molecule has 1 rings (SSSR count). The monoisotopic (exact) mass is 227 g/mol. The minimum atomic E-state index is -0.281. The summed E-state index contributed by atoms with van der Waals surface area (Å²) in [6.45, 7) is 5.26. The number of aryl methyl sites for hydroxylation is 2. The molecule has 0 amide bonds. The summed E-state index contributed by atoms with van der Waals surface area (Å²) in [5.74, 6) is 0. The normalized spacial score (nSPS) is 11.0. The number of aromatic nitrogens is 2. The van der Waals surface area contributed by atoms with Gasteiger partial charge in [-0.25, -0.2) is 0 Å². The van der Waals surface area contributed by atoms with E-state index >= 15 is 0 Å². The Labute approximate surface area is 96.8 Å². The van der Waals surface area contributed by atoms with Gasteiger partial charge in [-0.05, 0) is 37.8 Å². The maximum Gasteiger partial charge on any atom is 0.0912 e. The first-order valence-corrected chi connectivity index (χ1v) is 6.11. The van der Waals surface area contributed by atoms with Crippen molar-refractivity contribution in [2.45, 2.75) is 46.1 Å². The van der Waals surface area contributed by atoms with Gasteiger partial charge in [0.15, 0.2) is 0 Å². The quantitative estimate of drug-likeness (QED) is 0.772. The highest BCUT2D eigenvalue weighted by Crippen LogP contribution is 2.17. The molecule has 4 heteroatoms. The van der Waals surface area contributed by atoms with Crippen molar-refractivity contribution in [2.75, 3.05) is 13.2 Å². The van der Waals surface area contributed by atoms with Crippen molar-refractivity contribution in [3.63, 3.8) is 0 Å². The summed E-state index contributed by atoms with van der Waals surface area (Å²) in [4.78, 5) is 0. The first-order chi connectivity index (χ1) is 7.78. The third-order valence-electron chi connectivity index (χ3n) is 2.82. The minimum absolute atomic E-state index is 0.281. The zero-order chi connectivity index (χ0) is 12.0. The fraction of sp³-hybridized carbons (Fsp3) is 0.750. The number of nitrogens with zero attached hydrogens (tertiary/aromatic N) is 2. The Morgan fingerprint density at radius 1 is 1.31 bits per heavy atom. The molecule has 0 radical (unpaired) electrons. The van der Waals surface area contributed by atoms with Crippen LogP contribution in [-0.4, -0.2) is 23.0 Å². The van der Waals surface area contributed by atoms with Crippen LogP contribution in [0, 0.1) is 0 Å². The molecule has 0 aromatic carbocycles. The Morgan fingerprint density at radius 3 is 2.56 bits per heavy atom. The summed E-state index contributed by atoms with van der Waals surface area (Å²) < 4.78 is 14.2. The summed E-state index contributed by atoms with van der Waals surface area (Å²) in [6, 6.07) is 0. The topological polar surface area (TPSA) is 43.8 Å². The van der Waals surface area contributed by atoms with Gasteiger partial charge in [-0.2, -0.15) is 5.10 Å². The summed E-state index contributed by atoms with van der Waals surface area (Å²) in [5.41, 5.74) is 9.26. The molecule has 0 bridgehead atoms. The van der Waals surface area contributed by atoms with E-state index in [2.05, 4.69) is 18.9 Å². The Hall–Kier alpha value is -0.900. The van der Waals surface area contributed by atoms with Gasteiger partial charge in [0.25, 0.3) is 0 Å². The first-order valence-electron chi connectivity index (χ1n) is 6.11. The lowest BCUT2D eigenvalue weighted by Gasteiger charge is -2.06. The highest BCUT2D eigenvalue weighted by molar-refractivity contribution is 5.27. The van der Waals surface area contributed by atoms with Crippen molar-refractivity contribution in [1.82, 2.24) is 9.78 Å². The molecule has 0 aliphatic heterocycles. The lowest BCUT2D eigenvalue weighted by molar-refractivity contribution is 0.429. The van der Waals surface area contributed by atoms with Crippen LogP contribution < -0.4 is 5.73 Å². The van der Waals surface area contributed by atoms with E-state index in [1.165, 1.54) is 11.3 Å². The fourth-order valence-corrected chi connectivity index (χ4v) is 2.10. The predicted molar refractivity (Wildman–Crippen MR) is 64.3 cm³/mol. The smallest absolute Gasteiger partial charge is 0.0912 e. The summed E-state index contributed by atoms with van der Waals surface area (Å²) in [7, 11) is 0. The second-order valence-corrected chi connectivity index (χ2v) is 3.88. The van der Waals surface area contributed by atoms with E-state index in [4.69, 9.17) is 5.73 Å². The van der Waals surface area contributed by atoms with Crippen LogP contribution in [0.5, 0.6) is 0 Å². The zero-order valence-electron chi connectivity index (χ0n) is 10.3. The number of hydrogen-bond donors (Lipinski definition) is 1. The minimum Gasteiger partial charge on any atom is -0.330 e. The molecule has 2 N–H and O–H groups in total. The Morgan fingerprint density at radius 2 is 2.06 bits per heavy atom. The molecule has 0 atom stereocenters. The summed E-state index contributed by atoms with van der Waals surface area (Å²) in [6.07, 6.45) is 3.28. The van der Waals surface area contributed by atoms with E-state index in [-0.39, 0.29) is 6.67 Å². The van der Waals surface area contributed by atoms with Crippen LogP contribution in [0.3, 0.4) is 0 Å². The third-order valence-corrected chi connectivity index (χ3v) is 2.82. The van der Waals surface area contributed by atoms with Gasteiger partial charge < -0.3 is 5.73 Å². The molecule has 0 aliphatic rings. The van der Waals surface area contributed by atoms with Crippen molar-refractivity contribution in [3.8, 4) is 0 Å². The lowest BCUT2D eigenvalue weighted by Crippen LogP contribution is -2.08. The zero-order valence-corrected chi connectivity index (χ0v) is 10.3. The summed E-state index contributed by atoms with van der Waals surface area (Å²) >= 11 is 0. The number of alkyl halides is 1. The van der Waals surface area contributed by atoms with Crippen LogP contribution in [0.2, 0.25) is 0 Å². The average molecular weight is 227 g/mol. The number of rotatable bonds is 7. The van der Waals surface area contributed by atoms with E-state index < -0.39 is 0 Å². The van der Waals surface area contributed by atoms with Gasteiger partial charge in [0.05, 0.1) is 12.4 Å². The van der Waals surface area contributed by atoms with Gasteiger partial charge in [0.2, 0.25) is 0 Å². The molecule has 0 spiro atoms. The highest BCUT2D eigenvalue weighted by Gasteiger charge is 2.14. The van der Waals surface area contributed by atoms with Crippen LogP contribution in [0.25, 0.3) is 0 Å². The number of halogens is 1. The van der Waals surface area contributed by atoms with E-state index in [1.54, 1.807) is 0 Å². The molecule has 0 saturated carbocycles. The van der Waals surface area contributed by atoms with Gasteiger partial charge in [-0.3, -0.25) is 9.07 Å². The Bertz CT molecular complexity index is 320. The van der Waals surface area contributed by atoms with Gasteiger partial charge in [0, 0.05) is 12.2 Å². The van der Waals surface area contributed by atoms with Gasteiger partial charge in [0.1, 0.15) is 0 Å². The largest absolute Gasteiger partial charge is 0.330 e. The van der Waals surface area contributed by atoms with Crippen LogP contribution in [0.15, 0.2) is 0 Å². The van der Waals surface area contributed by atoms with Gasteiger partial charge in [-0.15, -0.1) is 0 Å². The van der Waals surface area contributed by atoms with Crippen molar-refractivity contribution >= 4 is 0 Å². The van der Waals surface area contributed by atoms with Gasteiger partial charge >= 0.3 is 0 Å². The van der Waals surface area contributed by atoms with Crippen LogP contribution in [0.1, 0.15) is 37.2 Å². The maximum atomic E-state index is 12.2. The fourth-order valence-electron chi connectivity index (χ4n) is 2.10. The van der Waals surface area contributed by atoms with E-state index in [0.29, 0.717) is 19.5 Å². The van der Waals surface area contributed by atoms with Crippen LogP contribution in [-0.2, 0) is 25.8 Å². The molecule has 16 heavy (non-hydrogen) atoms. The van der Waals surface area contributed by atoms with Crippen molar-refractivity contribution < 1.29 is 4.39 Å². The first kappa shape index (κ1) is 13.2. The van der Waals surface area contributed by atoms with Crippen molar-refractivity contribution in [2.24, 2.45) is 5.73 Å². The molecule has 3 nitrogen and oxygen atoms in total. The highest BCUT2D eigenvalue weighted by atomic mass is 19.1. The van der Waals surface area contributed by atoms with E-state index in [1.807, 2.05) is 4.68 Å². The van der Waals surface area contributed by atoms with E-state index in [0.717, 1.165) is 25.0 Å². The Kier molecular flexibility index (Phi) is 5.46. The molecule has 1 heterocycles.